The van der Waals surface area contributed by atoms with Crippen LogP contribution in [0.25, 0.3) is 22.0 Å². The summed E-state index contributed by atoms with van der Waals surface area (Å²) >= 11 is 0. The summed E-state index contributed by atoms with van der Waals surface area (Å²) in [5, 5.41) is 2.71. The van der Waals surface area contributed by atoms with Gasteiger partial charge in [-0.3, -0.25) is 4.79 Å². The Morgan fingerprint density at radius 3 is 2.65 bits per heavy atom. The van der Waals surface area contributed by atoms with Crippen LogP contribution in [0.2, 0.25) is 0 Å². The summed E-state index contributed by atoms with van der Waals surface area (Å²) in [4.78, 5) is 26.2. The number of hydrogen-bond acceptors (Lipinski definition) is 5. The minimum Gasteiger partial charge on any atom is -0.360 e. The van der Waals surface area contributed by atoms with E-state index < -0.39 is 18.3 Å². The standard InChI is InChI=1S/C14H10F3N5O/c15-14(16,17)6-21-12-11-8(1-2-20-13(11)23)3-10(22-12)9-4-18-7-19-5-9/h1-5,7H,6H2,(H,20,23)(H,21,22). The first-order valence-corrected chi connectivity index (χ1v) is 6.52. The molecule has 0 aliphatic heterocycles. The lowest BCUT2D eigenvalue weighted by molar-refractivity contribution is -0.115. The zero-order valence-electron chi connectivity index (χ0n) is 11.6. The van der Waals surface area contributed by atoms with Gasteiger partial charge in [-0.2, -0.15) is 13.2 Å². The van der Waals surface area contributed by atoms with Crippen molar-refractivity contribution in [3.63, 3.8) is 0 Å². The average molecular weight is 321 g/mol. The number of rotatable bonds is 3. The van der Waals surface area contributed by atoms with E-state index in [-0.39, 0.29) is 11.2 Å². The molecule has 0 spiro atoms. The van der Waals surface area contributed by atoms with Crippen LogP contribution in [-0.2, 0) is 0 Å². The van der Waals surface area contributed by atoms with Gasteiger partial charge in [0, 0.05) is 24.2 Å². The van der Waals surface area contributed by atoms with Gasteiger partial charge in [0.2, 0.25) is 0 Å². The molecule has 23 heavy (non-hydrogen) atoms. The number of H-pyrrole nitrogens is 1. The van der Waals surface area contributed by atoms with Gasteiger partial charge in [-0.15, -0.1) is 0 Å². The first kappa shape index (κ1) is 14.9. The summed E-state index contributed by atoms with van der Waals surface area (Å²) in [5.74, 6) is -0.138. The lowest BCUT2D eigenvalue weighted by atomic mass is 10.1. The van der Waals surface area contributed by atoms with Crippen molar-refractivity contribution in [2.45, 2.75) is 6.18 Å². The maximum Gasteiger partial charge on any atom is 0.405 e. The molecule has 118 valence electrons. The minimum absolute atomic E-state index is 0.0670. The number of hydrogen-bond donors (Lipinski definition) is 2. The molecule has 9 heteroatoms. The molecule has 2 N–H and O–H groups in total. The Kier molecular flexibility index (Phi) is 3.68. The molecule has 3 aromatic heterocycles. The van der Waals surface area contributed by atoms with Crippen molar-refractivity contribution in [1.82, 2.24) is 19.9 Å². The highest BCUT2D eigenvalue weighted by Gasteiger charge is 2.27. The van der Waals surface area contributed by atoms with Gasteiger partial charge in [0.25, 0.3) is 5.56 Å². The van der Waals surface area contributed by atoms with Gasteiger partial charge >= 0.3 is 6.18 Å². The number of nitrogens with zero attached hydrogens (tertiary/aromatic N) is 3. The third-order valence-electron chi connectivity index (χ3n) is 3.07. The number of fused-ring (bicyclic) bond motifs is 1. The fraction of sp³-hybridized carbons (Fsp3) is 0.143. The third kappa shape index (κ3) is 3.28. The number of anilines is 1. The smallest absolute Gasteiger partial charge is 0.360 e. The number of pyridine rings is 2. The van der Waals surface area contributed by atoms with E-state index in [4.69, 9.17) is 0 Å². The van der Waals surface area contributed by atoms with Crippen molar-refractivity contribution >= 4 is 16.6 Å². The van der Waals surface area contributed by atoms with Crippen molar-refractivity contribution in [2.75, 3.05) is 11.9 Å². The highest BCUT2D eigenvalue weighted by molar-refractivity contribution is 5.93. The number of alkyl halides is 3. The Hall–Kier alpha value is -2.97. The second-order valence-electron chi connectivity index (χ2n) is 4.72. The molecule has 3 rings (SSSR count). The fourth-order valence-corrected chi connectivity index (χ4v) is 2.11. The molecule has 0 aliphatic rings. The average Bonchev–Trinajstić information content (AvgIpc) is 2.52. The van der Waals surface area contributed by atoms with Crippen molar-refractivity contribution in [2.24, 2.45) is 0 Å². The predicted molar refractivity (Wildman–Crippen MR) is 77.9 cm³/mol. The zero-order valence-corrected chi connectivity index (χ0v) is 11.6. The normalized spacial score (nSPS) is 11.6. The van der Waals surface area contributed by atoms with Gasteiger partial charge in [0.05, 0.1) is 11.1 Å². The zero-order chi connectivity index (χ0) is 16.4. The third-order valence-corrected chi connectivity index (χ3v) is 3.07. The fourth-order valence-electron chi connectivity index (χ4n) is 2.11. The van der Waals surface area contributed by atoms with E-state index in [0.29, 0.717) is 16.6 Å². The predicted octanol–water partition coefficient (Wildman–Crippen LogP) is 2.35. The molecular weight excluding hydrogens is 311 g/mol. The molecule has 0 fully saturated rings. The van der Waals surface area contributed by atoms with E-state index in [1.54, 1.807) is 12.1 Å². The van der Waals surface area contributed by atoms with E-state index in [1.807, 2.05) is 0 Å². The van der Waals surface area contributed by atoms with Crippen molar-refractivity contribution in [3.8, 4) is 11.3 Å². The summed E-state index contributed by atoms with van der Waals surface area (Å²) in [7, 11) is 0. The van der Waals surface area contributed by atoms with Gasteiger partial charge in [-0.1, -0.05) is 0 Å². The molecule has 0 saturated heterocycles. The van der Waals surface area contributed by atoms with Crippen molar-refractivity contribution in [1.29, 1.82) is 0 Å². The molecule has 0 atom stereocenters. The molecule has 3 heterocycles. The first-order valence-electron chi connectivity index (χ1n) is 6.52. The van der Waals surface area contributed by atoms with E-state index >= 15 is 0 Å². The van der Waals surface area contributed by atoms with Gasteiger partial charge < -0.3 is 10.3 Å². The van der Waals surface area contributed by atoms with Gasteiger partial charge in [-0.25, -0.2) is 15.0 Å². The number of aromatic nitrogens is 4. The summed E-state index contributed by atoms with van der Waals surface area (Å²) < 4.78 is 37.4. The van der Waals surface area contributed by atoms with Crippen LogP contribution in [0, 0.1) is 0 Å². The second-order valence-corrected chi connectivity index (χ2v) is 4.72. The summed E-state index contributed by atoms with van der Waals surface area (Å²) in [6.45, 7) is -1.29. The molecule has 0 radical (unpaired) electrons. The van der Waals surface area contributed by atoms with E-state index in [9.17, 15) is 18.0 Å². The van der Waals surface area contributed by atoms with Crippen LogP contribution in [-0.4, -0.2) is 32.7 Å². The maximum atomic E-state index is 12.5. The molecule has 0 bridgehead atoms. The van der Waals surface area contributed by atoms with Crippen molar-refractivity contribution in [3.05, 3.63) is 47.4 Å². The van der Waals surface area contributed by atoms with E-state index in [1.165, 1.54) is 24.9 Å². The quantitative estimate of drug-likeness (QED) is 0.774. The van der Waals surface area contributed by atoms with Crippen LogP contribution >= 0.6 is 0 Å². The van der Waals surface area contributed by atoms with Crippen LogP contribution in [0.5, 0.6) is 0 Å². The molecule has 6 nitrogen and oxygen atoms in total. The number of aromatic amines is 1. The number of nitrogens with one attached hydrogen (secondary N) is 2. The molecule has 0 amide bonds. The van der Waals surface area contributed by atoms with Crippen LogP contribution in [0.1, 0.15) is 0 Å². The van der Waals surface area contributed by atoms with Gasteiger partial charge in [-0.05, 0) is 17.5 Å². The highest BCUT2D eigenvalue weighted by Crippen LogP contribution is 2.25. The molecular formula is C14H10F3N5O. The maximum absolute atomic E-state index is 12.5. The summed E-state index contributed by atoms with van der Waals surface area (Å²) in [6, 6.07) is 3.19. The van der Waals surface area contributed by atoms with Crippen LogP contribution in [0.4, 0.5) is 19.0 Å². The van der Waals surface area contributed by atoms with E-state index in [0.717, 1.165) is 0 Å². The van der Waals surface area contributed by atoms with E-state index in [2.05, 4.69) is 25.3 Å². The van der Waals surface area contributed by atoms with Gasteiger partial charge in [0.15, 0.2) is 0 Å². The summed E-state index contributed by atoms with van der Waals surface area (Å²) in [6.07, 6.45) is 1.30. The Bertz CT molecular complexity index is 892. The highest BCUT2D eigenvalue weighted by atomic mass is 19.4. The molecule has 0 aromatic carbocycles. The lowest BCUT2D eigenvalue weighted by Crippen LogP contribution is -2.23. The SMILES string of the molecule is O=c1[nH]ccc2cc(-c3cncnc3)nc(NCC(F)(F)F)c12. The molecule has 3 aromatic rings. The Morgan fingerprint density at radius 2 is 1.96 bits per heavy atom. The van der Waals surface area contributed by atoms with Crippen LogP contribution in [0.3, 0.4) is 0 Å². The number of halogens is 3. The van der Waals surface area contributed by atoms with Crippen LogP contribution in [0.15, 0.2) is 41.8 Å². The molecule has 0 unspecified atom stereocenters. The van der Waals surface area contributed by atoms with Gasteiger partial charge in [0.1, 0.15) is 18.7 Å². The Morgan fingerprint density at radius 1 is 1.22 bits per heavy atom. The summed E-state index contributed by atoms with van der Waals surface area (Å²) in [5.41, 5.74) is 0.383. The topological polar surface area (TPSA) is 83.6 Å². The van der Waals surface area contributed by atoms with Crippen molar-refractivity contribution < 1.29 is 13.2 Å². The lowest BCUT2D eigenvalue weighted by Gasteiger charge is -2.12. The molecule has 0 aliphatic carbocycles. The first-order chi connectivity index (χ1) is 10.9. The monoisotopic (exact) mass is 321 g/mol. The molecule has 0 saturated carbocycles. The Balaban J connectivity index is 2.16. The largest absolute Gasteiger partial charge is 0.405 e. The minimum atomic E-state index is -4.43. The second kappa shape index (κ2) is 5.67. The Labute approximate surface area is 127 Å². The van der Waals surface area contributed by atoms with Crippen LogP contribution < -0.4 is 10.9 Å².